The van der Waals surface area contributed by atoms with Gasteiger partial charge in [0, 0.05) is 23.4 Å². The molecule has 0 spiro atoms. The van der Waals surface area contributed by atoms with E-state index in [4.69, 9.17) is 14.9 Å². The topological polar surface area (TPSA) is 100.0 Å². The molecule has 3 atom stereocenters. The van der Waals surface area contributed by atoms with Crippen molar-refractivity contribution in [2.75, 3.05) is 5.73 Å². The Bertz CT molecular complexity index is 1240. The molecule has 4 aromatic rings. The molecule has 166 valence electrons. The van der Waals surface area contributed by atoms with Crippen molar-refractivity contribution < 1.29 is 9.15 Å². The third-order valence-electron chi connectivity index (χ3n) is 7.29. The third kappa shape index (κ3) is 3.53. The lowest BCUT2D eigenvalue weighted by atomic mass is 9.64. The van der Waals surface area contributed by atoms with Gasteiger partial charge in [0.15, 0.2) is 5.82 Å². The minimum absolute atomic E-state index is 0.0242. The first-order valence-corrected chi connectivity index (χ1v) is 11.4. The van der Waals surface area contributed by atoms with E-state index in [1.165, 1.54) is 36.8 Å². The molecule has 0 unspecified atom stereocenters. The van der Waals surface area contributed by atoms with E-state index in [0.29, 0.717) is 24.2 Å². The van der Waals surface area contributed by atoms with Crippen LogP contribution in [-0.2, 0) is 12.0 Å². The van der Waals surface area contributed by atoms with E-state index in [9.17, 15) is 0 Å². The Morgan fingerprint density at radius 3 is 2.27 bits per heavy atom. The Labute approximate surface area is 192 Å². The number of anilines is 1. The van der Waals surface area contributed by atoms with Crippen molar-refractivity contribution in [2.45, 2.75) is 37.7 Å². The maximum atomic E-state index is 5.92. The number of nitrogens with zero attached hydrogens (tertiary/aromatic N) is 4. The zero-order valence-electron chi connectivity index (χ0n) is 18.2. The average molecular weight is 440 g/mol. The second kappa shape index (κ2) is 7.99. The van der Waals surface area contributed by atoms with Gasteiger partial charge in [-0.15, -0.1) is 5.10 Å². The Kier molecular flexibility index (Phi) is 4.82. The number of nitrogen functional groups attached to an aromatic ring is 1. The van der Waals surface area contributed by atoms with E-state index in [1.54, 1.807) is 18.5 Å². The molecule has 2 aromatic carbocycles. The Morgan fingerprint density at radius 1 is 0.939 bits per heavy atom. The lowest BCUT2D eigenvalue weighted by molar-refractivity contribution is 0.294. The van der Waals surface area contributed by atoms with Gasteiger partial charge in [0.25, 0.3) is 0 Å². The summed E-state index contributed by atoms with van der Waals surface area (Å²) in [4.78, 5) is 8.45. The number of rotatable bonds is 6. The molecule has 0 amide bonds. The molecule has 2 aliphatic carbocycles. The minimum Gasteiger partial charge on any atom is -0.486 e. The van der Waals surface area contributed by atoms with Crippen LogP contribution in [-0.4, -0.2) is 20.2 Å². The molecule has 2 fully saturated rings. The van der Waals surface area contributed by atoms with E-state index < -0.39 is 0 Å². The second-order valence-corrected chi connectivity index (χ2v) is 9.05. The van der Waals surface area contributed by atoms with Gasteiger partial charge >= 0.3 is 6.01 Å². The van der Waals surface area contributed by atoms with Crippen molar-refractivity contribution in [3.8, 4) is 17.2 Å². The summed E-state index contributed by atoms with van der Waals surface area (Å²) in [5, 5.41) is 7.78. The molecular formula is C26H25N5O2. The van der Waals surface area contributed by atoms with Gasteiger partial charge in [-0.25, -0.2) is 9.97 Å². The first-order chi connectivity index (χ1) is 16.2. The van der Waals surface area contributed by atoms with Crippen LogP contribution < -0.4 is 10.5 Å². The quantitative estimate of drug-likeness (QED) is 0.461. The summed E-state index contributed by atoms with van der Waals surface area (Å²) in [5.41, 5.74) is 9.20. The molecule has 0 radical (unpaired) electrons. The molecule has 2 heterocycles. The van der Waals surface area contributed by atoms with Crippen molar-refractivity contribution in [3.63, 3.8) is 0 Å². The van der Waals surface area contributed by atoms with Crippen molar-refractivity contribution in [2.24, 2.45) is 11.8 Å². The van der Waals surface area contributed by atoms with Crippen molar-refractivity contribution >= 4 is 6.01 Å². The fourth-order valence-electron chi connectivity index (χ4n) is 5.87. The van der Waals surface area contributed by atoms with Gasteiger partial charge in [0.2, 0.25) is 5.89 Å². The highest BCUT2D eigenvalue weighted by Gasteiger charge is 2.52. The van der Waals surface area contributed by atoms with Crippen LogP contribution in [0.2, 0.25) is 0 Å². The van der Waals surface area contributed by atoms with Crippen LogP contribution in [0, 0.1) is 11.8 Å². The van der Waals surface area contributed by atoms with Crippen LogP contribution in [0.3, 0.4) is 0 Å². The van der Waals surface area contributed by atoms with Gasteiger partial charge in [-0.05, 0) is 72.6 Å². The third-order valence-corrected chi connectivity index (χ3v) is 7.29. The largest absolute Gasteiger partial charge is 0.486 e. The summed E-state index contributed by atoms with van der Waals surface area (Å²) in [7, 11) is 0. The van der Waals surface area contributed by atoms with Crippen LogP contribution in [0.1, 0.15) is 42.6 Å². The van der Waals surface area contributed by atoms with Gasteiger partial charge in [0.05, 0.1) is 0 Å². The molecule has 7 heteroatoms. The summed E-state index contributed by atoms with van der Waals surface area (Å²) in [6.07, 6.45) is 8.55. The summed E-state index contributed by atoms with van der Waals surface area (Å²) in [5.74, 6) is 3.39. The average Bonchev–Trinajstić information content (AvgIpc) is 3.61. The number of hydrogen-bond acceptors (Lipinski definition) is 7. The van der Waals surface area contributed by atoms with Crippen LogP contribution in [0.15, 0.2) is 71.4 Å². The standard InChI is InChI=1S/C26H25N5O2/c27-25-31-30-24(33-25)18-3-6-19(7-4-18)26(15-17-2-5-21(26)14-17)20-8-10-22(11-9-20)32-16-23-28-12-1-13-29-23/h1,3-4,6-13,17,21H,2,5,14-16H2,(H2,27,31)/t17-,21+,26+/m1/s1. The predicted octanol–water partition coefficient (Wildman–Crippen LogP) is 4.79. The molecule has 0 aliphatic heterocycles. The summed E-state index contributed by atoms with van der Waals surface area (Å²) in [6.45, 7) is 0.359. The van der Waals surface area contributed by atoms with Crippen LogP contribution >= 0.6 is 0 Å². The SMILES string of the molecule is Nc1nnc(-c2ccc([C@]3(c4ccc(OCc5ncccn5)cc4)C[C@@H]4CC[C@H]3C4)cc2)o1. The van der Waals surface area contributed by atoms with Gasteiger partial charge in [-0.3, -0.25) is 0 Å². The Hall–Kier alpha value is -3.74. The highest BCUT2D eigenvalue weighted by molar-refractivity contribution is 5.56. The van der Waals surface area contributed by atoms with E-state index >= 15 is 0 Å². The zero-order valence-corrected chi connectivity index (χ0v) is 18.2. The summed E-state index contributed by atoms with van der Waals surface area (Å²) >= 11 is 0. The van der Waals surface area contributed by atoms with E-state index in [2.05, 4.69) is 68.7 Å². The number of fused-ring (bicyclic) bond motifs is 2. The lowest BCUT2D eigenvalue weighted by Gasteiger charge is -2.39. The van der Waals surface area contributed by atoms with Crippen molar-refractivity contribution in [1.29, 1.82) is 0 Å². The fourth-order valence-corrected chi connectivity index (χ4v) is 5.87. The molecule has 2 aliphatic rings. The highest BCUT2D eigenvalue weighted by Crippen LogP contribution is 2.60. The first kappa shape index (κ1) is 19.9. The Morgan fingerprint density at radius 2 is 1.67 bits per heavy atom. The normalized spacial score (nSPS) is 23.6. The molecule has 7 nitrogen and oxygen atoms in total. The van der Waals surface area contributed by atoms with Crippen LogP contribution in [0.4, 0.5) is 6.01 Å². The molecule has 2 saturated carbocycles. The van der Waals surface area contributed by atoms with Crippen molar-refractivity contribution in [1.82, 2.24) is 20.2 Å². The second-order valence-electron chi connectivity index (χ2n) is 9.05. The van der Waals surface area contributed by atoms with Gasteiger partial charge in [-0.2, -0.15) is 0 Å². The minimum atomic E-state index is 0.0242. The predicted molar refractivity (Wildman–Crippen MR) is 123 cm³/mol. The Balaban J connectivity index is 1.29. The molecule has 0 saturated heterocycles. The summed E-state index contributed by atoms with van der Waals surface area (Å²) < 4.78 is 11.3. The van der Waals surface area contributed by atoms with E-state index in [1.807, 2.05) is 0 Å². The molecule has 2 N–H and O–H groups in total. The van der Waals surface area contributed by atoms with E-state index in [-0.39, 0.29) is 11.4 Å². The van der Waals surface area contributed by atoms with Crippen LogP contribution in [0.5, 0.6) is 5.75 Å². The van der Waals surface area contributed by atoms with Gasteiger partial charge < -0.3 is 14.9 Å². The number of nitrogens with two attached hydrogens (primary N) is 1. The fraction of sp³-hybridized carbons (Fsp3) is 0.308. The highest BCUT2D eigenvalue weighted by atomic mass is 16.5. The number of ether oxygens (including phenoxy) is 1. The smallest absolute Gasteiger partial charge is 0.313 e. The first-order valence-electron chi connectivity index (χ1n) is 11.4. The molecule has 33 heavy (non-hydrogen) atoms. The zero-order chi connectivity index (χ0) is 22.3. The lowest BCUT2D eigenvalue weighted by Crippen LogP contribution is -2.34. The van der Waals surface area contributed by atoms with E-state index in [0.717, 1.165) is 17.2 Å². The maximum absolute atomic E-state index is 5.92. The number of aromatic nitrogens is 4. The summed E-state index contributed by atoms with van der Waals surface area (Å²) in [6, 6.07) is 19.0. The van der Waals surface area contributed by atoms with Crippen LogP contribution in [0.25, 0.3) is 11.5 Å². The molecule has 6 rings (SSSR count). The van der Waals surface area contributed by atoms with Crippen molar-refractivity contribution in [3.05, 3.63) is 83.9 Å². The van der Waals surface area contributed by atoms with Gasteiger partial charge in [0.1, 0.15) is 12.4 Å². The maximum Gasteiger partial charge on any atom is 0.313 e. The molecular weight excluding hydrogens is 414 g/mol. The number of hydrogen-bond donors (Lipinski definition) is 1. The van der Waals surface area contributed by atoms with Gasteiger partial charge in [-0.1, -0.05) is 35.8 Å². The molecule has 2 bridgehead atoms. The molecule has 2 aromatic heterocycles. The monoisotopic (exact) mass is 439 g/mol. The number of benzene rings is 2.